The second-order valence-electron chi connectivity index (χ2n) is 5.15. The predicted molar refractivity (Wildman–Crippen MR) is 75.5 cm³/mol. The maximum absolute atomic E-state index is 12.9. The van der Waals surface area contributed by atoms with Gasteiger partial charge in [0, 0.05) is 12.7 Å². The van der Waals surface area contributed by atoms with Gasteiger partial charge in [-0.25, -0.2) is 0 Å². The summed E-state index contributed by atoms with van der Waals surface area (Å²) in [5.74, 6) is 0. The van der Waals surface area contributed by atoms with Crippen molar-refractivity contribution in [3.05, 3.63) is 59.4 Å². The summed E-state index contributed by atoms with van der Waals surface area (Å²) in [7, 11) is 0. The molecular formula is C16H13F3N2O. The van der Waals surface area contributed by atoms with Crippen molar-refractivity contribution >= 4 is 12.0 Å². The van der Waals surface area contributed by atoms with Gasteiger partial charge in [0.05, 0.1) is 17.4 Å². The van der Waals surface area contributed by atoms with Crippen molar-refractivity contribution in [3.8, 4) is 0 Å². The predicted octanol–water partition coefficient (Wildman–Crippen LogP) is 3.40. The summed E-state index contributed by atoms with van der Waals surface area (Å²) in [6.07, 6.45) is 0.0745. The molecule has 0 fully saturated rings. The van der Waals surface area contributed by atoms with E-state index < -0.39 is 17.8 Å². The molecule has 0 saturated carbocycles. The van der Waals surface area contributed by atoms with Crippen molar-refractivity contribution in [1.82, 2.24) is 4.98 Å². The molecule has 0 bridgehead atoms. The summed E-state index contributed by atoms with van der Waals surface area (Å²) in [6.45, 7) is 0.563. The summed E-state index contributed by atoms with van der Waals surface area (Å²) in [5, 5.41) is 0. The lowest BCUT2D eigenvalue weighted by atomic mass is 9.91. The molecule has 22 heavy (non-hydrogen) atoms. The van der Waals surface area contributed by atoms with Gasteiger partial charge in [-0.1, -0.05) is 6.07 Å². The minimum absolute atomic E-state index is 0.417. The molecule has 3 rings (SSSR count). The Balaban J connectivity index is 2.05. The molecule has 0 N–H and O–H groups in total. The molecule has 0 aliphatic carbocycles. The Morgan fingerprint density at radius 2 is 2.09 bits per heavy atom. The summed E-state index contributed by atoms with van der Waals surface area (Å²) in [5.41, 5.74) is 1.19. The van der Waals surface area contributed by atoms with Crippen LogP contribution in [0.2, 0.25) is 0 Å². The number of pyridine rings is 1. The van der Waals surface area contributed by atoms with E-state index in [0.717, 1.165) is 23.4 Å². The van der Waals surface area contributed by atoms with Gasteiger partial charge in [0.1, 0.15) is 12.3 Å². The summed E-state index contributed by atoms with van der Waals surface area (Å²) < 4.78 is 38.7. The number of fused-ring (bicyclic) bond motifs is 1. The van der Waals surface area contributed by atoms with Crippen LogP contribution in [0, 0.1) is 0 Å². The number of halogens is 3. The van der Waals surface area contributed by atoms with Gasteiger partial charge in [-0.05, 0) is 41.8 Å². The molecule has 1 unspecified atom stereocenters. The molecular weight excluding hydrogens is 293 g/mol. The van der Waals surface area contributed by atoms with Gasteiger partial charge < -0.3 is 9.69 Å². The highest BCUT2D eigenvalue weighted by molar-refractivity contribution is 5.71. The molecule has 6 heteroatoms. The topological polar surface area (TPSA) is 33.2 Å². The zero-order valence-electron chi connectivity index (χ0n) is 11.5. The van der Waals surface area contributed by atoms with E-state index in [9.17, 15) is 18.0 Å². The third-order valence-electron chi connectivity index (χ3n) is 3.86. The standard InChI is InChI=1S/C16H13F3N2O/c17-16(18,19)12-4-3-11-5-7-21(13-2-1-6-20-9-13)15(10-22)14(11)8-12/h1-4,6,8-10,15H,5,7H2. The van der Waals surface area contributed by atoms with Crippen LogP contribution in [0.4, 0.5) is 18.9 Å². The molecule has 1 aromatic heterocycles. The minimum Gasteiger partial charge on any atom is -0.356 e. The summed E-state index contributed by atoms with van der Waals surface area (Å²) in [4.78, 5) is 17.3. The molecule has 0 spiro atoms. The zero-order chi connectivity index (χ0) is 15.7. The van der Waals surface area contributed by atoms with E-state index in [4.69, 9.17) is 0 Å². The summed E-state index contributed by atoms with van der Waals surface area (Å²) in [6, 6.07) is 6.42. The zero-order valence-corrected chi connectivity index (χ0v) is 11.5. The molecule has 1 atom stereocenters. The highest BCUT2D eigenvalue weighted by Gasteiger charge is 2.34. The van der Waals surface area contributed by atoms with Crippen molar-refractivity contribution in [2.24, 2.45) is 0 Å². The van der Waals surface area contributed by atoms with Gasteiger partial charge in [0.25, 0.3) is 0 Å². The van der Waals surface area contributed by atoms with Crippen molar-refractivity contribution in [1.29, 1.82) is 0 Å². The van der Waals surface area contributed by atoms with Crippen LogP contribution in [-0.4, -0.2) is 17.8 Å². The van der Waals surface area contributed by atoms with E-state index in [1.165, 1.54) is 6.07 Å². The lowest BCUT2D eigenvalue weighted by Gasteiger charge is -2.36. The third-order valence-corrected chi connectivity index (χ3v) is 3.86. The third kappa shape index (κ3) is 2.56. The maximum atomic E-state index is 12.9. The Morgan fingerprint density at radius 3 is 2.73 bits per heavy atom. The molecule has 1 aliphatic heterocycles. The van der Waals surface area contributed by atoms with Crippen LogP contribution >= 0.6 is 0 Å². The Kier molecular flexibility index (Phi) is 3.60. The number of rotatable bonds is 2. The molecule has 2 aromatic rings. The van der Waals surface area contributed by atoms with Crippen molar-refractivity contribution < 1.29 is 18.0 Å². The molecule has 0 radical (unpaired) electrons. The summed E-state index contributed by atoms with van der Waals surface area (Å²) >= 11 is 0. The fourth-order valence-corrected chi connectivity index (χ4v) is 2.78. The fraction of sp³-hybridized carbons (Fsp3) is 0.250. The van der Waals surface area contributed by atoms with Gasteiger partial charge in [-0.3, -0.25) is 4.98 Å². The van der Waals surface area contributed by atoms with Crippen molar-refractivity contribution in [3.63, 3.8) is 0 Å². The van der Waals surface area contributed by atoms with E-state index in [1.807, 2.05) is 0 Å². The number of alkyl halides is 3. The van der Waals surface area contributed by atoms with E-state index in [-0.39, 0.29) is 0 Å². The monoisotopic (exact) mass is 306 g/mol. The molecule has 2 heterocycles. The van der Waals surface area contributed by atoms with E-state index in [0.29, 0.717) is 24.8 Å². The second-order valence-corrected chi connectivity index (χ2v) is 5.15. The van der Waals surface area contributed by atoms with E-state index >= 15 is 0 Å². The van der Waals surface area contributed by atoms with Crippen LogP contribution in [0.25, 0.3) is 0 Å². The van der Waals surface area contributed by atoms with Gasteiger partial charge in [-0.2, -0.15) is 13.2 Å². The van der Waals surface area contributed by atoms with E-state index in [1.54, 1.807) is 29.4 Å². The lowest BCUT2D eigenvalue weighted by Crippen LogP contribution is -2.36. The first kappa shape index (κ1) is 14.6. The number of carbonyl (C=O) groups excluding carboxylic acids is 1. The van der Waals surface area contributed by atoms with Crippen LogP contribution in [0.5, 0.6) is 0 Å². The molecule has 1 aromatic carbocycles. The quantitative estimate of drug-likeness (QED) is 0.797. The number of benzene rings is 1. The number of anilines is 1. The average molecular weight is 306 g/mol. The Hall–Kier alpha value is -2.37. The fourth-order valence-electron chi connectivity index (χ4n) is 2.78. The number of aromatic nitrogens is 1. The minimum atomic E-state index is -4.42. The largest absolute Gasteiger partial charge is 0.416 e. The van der Waals surface area contributed by atoms with Gasteiger partial charge in [-0.15, -0.1) is 0 Å². The van der Waals surface area contributed by atoms with Crippen LogP contribution in [0.1, 0.15) is 22.7 Å². The number of aldehydes is 1. The van der Waals surface area contributed by atoms with Crippen molar-refractivity contribution in [2.45, 2.75) is 18.6 Å². The van der Waals surface area contributed by atoms with Crippen LogP contribution in [0.3, 0.4) is 0 Å². The smallest absolute Gasteiger partial charge is 0.356 e. The van der Waals surface area contributed by atoms with Gasteiger partial charge >= 0.3 is 6.18 Å². The number of carbonyl (C=O) groups is 1. The second kappa shape index (κ2) is 5.44. The number of hydrogen-bond donors (Lipinski definition) is 0. The highest BCUT2D eigenvalue weighted by atomic mass is 19.4. The normalized spacial score (nSPS) is 18.0. The Bertz CT molecular complexity index is 686. The maximum Gasteiger partial charge on any atom is 0.416 e. The number of nitrogens with zero attached hydrogens (tertiary/aromatic N) is 2. The van der Waals surface area contributed by atoms with Crippen LogP contribution in [0.15, 0.2) is 42.7 Å². The lowest BCUT2D eigenvalue weighted by molar-refractivity contribution is -0.137. The molecule has 114 valence electrons. The van der Waals surface area contributed by atoms with Crippen molar-refractivity contribution in [2.75, 3.05) is 11.4 Å². The highest BCUT2D eigenvalue weighted by Crippen LogP contribution is 2.36. The van der Waals surface area contributed by atoms with Crippen LogP contribution < -0.4 is 4.90 Å². The number of hydrogen-bond acceptors (Lipinski definition) is 3. The molecule has 0 saturated heterocycles. The first-order chi connectivity index (χ1) is 10.5. The SMILES string of the molecule is O=CC1c2cc(C(F)(F)F)ccc2CCN1c1cccnc1. The Labute approximate surface area is 125 Å². The molecule has 1 aliphatic rings. The van der Waals surface area contributed by atoms with E-state index in [2.05, 4.69) is 4.98 Å². The molecule has 3 nitrogen and oxygen atoms in total. The molecule has 0 amide bonds. The van der Waals surface area contributed by atoms with Gasteiger partial charge in [0.15, 0.2) is 0 Å². The average Bonchev–Trinajstić information content (AvgIpc) is 2.53. The first-order valence-electron chi connectivity index (χ1n) is 6.82. The van der Waals surface area contributed by atoms with Gasteiger partial charge in [0.2, 0.25) is 0 Å². The first-order valence-corrected chi connectivity index (χ1v) is 6.82. The Morgan fingerprint density at radius 1 is 1.27 bits per heavy atom. The van der Waals surface area contributed by atoms with Crippen LogP contribution in [-0.2, 0) is 17.4 Å².